The minimum atomic E-state index is -0.130. The van der Waals surface area contributed by atoms with Gasteiger partial charge in [-0.15, -0.1) is 0 Å². The third-order valence-electron chi connectivity index (χ3n) is 1.13. The lowest BCUT2D eigenvalue weighted by atomic mass is 10.2. The number of nitrogens with one attached hydrogen (secondary N) is 1. The van der Waals surface area contributed by atoms with E-state index in [0.29, 0.717) is 0 Å². The van der Waals surface area contributed by atoms with E-state index in [2.05, 4.69) is 4.99 Å². The summed E-state index contributed by atoms with van der Waals surface area (Å²) in [4.78, 5) is 3.78. The Morgan fingerprint density at radius 1 is 1.60 bits per heavy atom. The van der Waals surface area contributed by atoms with Gasteiger partial charge in [0.1, 0.15) is 0 Å². The molecule has 0 saturated carbocycles. The van der Waals surface area contributed by atoms with Gasteiger partial charge in [0.2, 0.25) is 5.96 Å². The second kappa shape index (κ2) is 2.96. The molecule has 0 saturated heterocycles. The largest absolute Gasteiger partial charge is 0.368 e. The van der Waals surface area contributed by atoms with Crippen molar-refractivity contribution in [1.29, 1.82) is 5.41 Å². The average molecular weight is 135 g/mol. The van der Waals surface area contributed by atoms with E-state index >= 15 is 0 Å². The molecule has 3 nitrogen and oxygen atoms in total. The number of nitrogens with two attached hydrogens (primary N) is 1. The third-order valence-corrected chi connectivity index (χ3v) is 1.13. The Balaban J connectivity index is 2.67. The van der Waals surface area contributed by atoms with Gasteiger partial charge in [0.15, 0.2) is 0 Å². The van der Waals surface area contributed by atoms with Crippen LogP contribution in [-0.4, -0.2) is 11.7 Å². The highest BCUT2D eigenvalue weighted by atomic mass is 15.0. The summed E-state index contributed by atoms with van der Waals surface area (Å²) in [7, 11) is 0. The van der Waals surface area contributed by atoms with Gasteiger partial charge in [0.05, 0.1) is 0 Å². The van der Waals surface area contributed by atoms with Crippen LogP contribution in [0.15, 0.2) is 29.3 Å². The van der Waals surface area contributed by atoms with E-state index in [0.717, 1.165) is 12.1 Å². The first-order chi connectivity index (χ1) is 4.79. The molecule has 0 atom stereocenters. The normalized spacial score (nSPS) is 19.8. The van der Waals surface area contributed by atoms with E-state index in [-0.39, 0.29) is 5.96 Å². The SMILES string of the molecule is N=C(N)N=C1C=CC=CC1. The zero-order chi connectivity index (χ0) is 7.40. The molecule has 0 amide bonds. The van der Waals surface area contributed by atoms with Crippen LogP contribution >= 0.6 is 0 Å². The molecular weight excluding hydrogens is 126 g/mol. The van der Waals surface area contributed by atoms with Crippen LogP contribution in [0.5, 0.6) is 0 Å². The van der Waals surface area contributed by atoms with E-state index in [1.165, 1.54) is 0 Å². The lowest BCUT2D eigenvalue weighted by Crippen LogP contribution is -2.09. The van der Waals surface area contributed by atoms with Crippen LogP contribution in [0, 0.1) is 5.41 Å². The fourth-order valence-electron chi connectivity index (χ4n) is 0.740. The number of guanidine groups is 1. The molecule has 1 rings (SSSR count). The van der Waals surface area contributed by atoms with Crippen molar-refractivity contribution in [3.63, 3.8) is 0 Å². The standard InChI is InChI=1S/C7H9N3/c8-7(9)10-6-4-2-1-3-5-6/h1-4H,5H2,(H3,8,9). The van der Waals surface area contributed by atoms with Crippen LogP contribution in [0.25, 0.3) is 0 Å². The average Bonchev–Trinajstić information content (AvgIpc) is 1.88. The van der Waals surface area contributed by atoms with E-state index in [1.54, 1.807) is 0 Å². The van der Waals surface area contributed by atoms with Gasteiger partial charge in [-0.05, 0) is 6.08 Å². The van der Waals surface area contributed by atoms with Gasteiger partial charge in [0.25, 0.3) is 0 Å². The van der Waals surface area contributed by atoms with Crippen molar-refractivity contribution in [3.8, 4) is 0 Å². The molecule has 0 fully saturated rings. The first-order valence-corrected chi connectivity index (χ1v) is 3.04. The van der Waals surface area contributed by atoms with Gasteiger partial charge in [-0.3, -0.25) is 5.41 Å². The summed E-state index contributed by atoms with van der Waals surface area (Å²) in [6, 6.07) is 0. The maximum Gasteiger partial charge on any atom is 0.212 e. The molecule has 0 radical (unpaired) electrons. The number of hydrogen-bond donors (Lipinski definition) is 2. The Labute approximate surface area is 59.5 Å². The number of aliphatic imine (C=N–C) groups is 1. The Morgan fingerprint density at radius 2 is 2.40 bits per heavy atom. The Morgan fingerprint density at radius 3 is 2.90 bits per heavy atom. The van der Waals surface area contributed by atoms with E-state index in [1.807, 2.05) is 24.3 Å². The quantitative estimate of drug-likeness (QED) is 0.375. The Hall–Kier alpha value is -1.38. The molecule has 0 aromatic heterocycles. The molecule has 3 N–H and O–H groups in total. The molecule has 0 bridgehead atoms. The molecule has 1 aliphatic carbocycles. The Kier molecular flexibility index (Phi) is 1.99. The van der Waals surface area contributed by atoms with Crippen molar-refractivity contribution < 1.29 is 0 Å². The summed E-state index contributed by atoms with van der Waals surface area (Å²) >= 11 is 0. The Bertz CT molecular complexity index is 223. The second-order valence-electron chi connectivity index (χ2n) is 1.98. The summed E-state index contributed by atoms with van der Waals surface area (Å²) < 4.78 is 0. The molecule has 1 aliphatic rings. The molecule has 52 valence electrons. The van der Waals surface area contributed by atoms with E-state index in [9.17, 15) is 0 Å². The summed E-state index contributed by atoms with van der Waals surface area (Å²) in [6.45, 7) is 0. The molecule has 0 aromatic rings. The molecule has 0 heterocycles. The lowest BCUT2D eigenvalue weighted by molar-refractivity contribution is 1.34. The zero-order valence-electron chi connectivity index (χ0n) is 5.54. The number of allylic oxidation sites excluding steroid dienone is 4. The van der Waals surface area contributed by atoms with Gasteiger partial charge in [-0.1, -0.05) is 18.2 Å². The van der Waals surface area contributed by atoms with Crippen LogP contribution in [0.2, 0.25) is 0 Å². The van der Waals surface area contributed by atoms with Crippen molar-refractivity contribution >= 4 is 11.7 Å². The molecule has 0 aromatic carbocycles. The van der Waals surface area contributed by atoms with Crippen molar-refractivity contribution in [2.24, 2.45) is 10.7 Å². The fraction of sp³-hybridized carbons (Fsp3) is 0.143. The first-order valence-electron chi connectivity index (χ1n) is 3.04. The van der Waals surface area contributed by atoms with Gasteiger partial charge in [-0.2, -0.15) is 0 Å². The second-order valence-corrected chi connectivity index (χ2v) is 1.98. The maximum absolute atomic E-state index is 6.86. The molecule has 3 heteroatoms. The number of nitrogens with zero attached hydrogens (tertiary/aromatic N) is 1. The predicted molar refractivity (Wildman–Crippen MR) is 42.2 cm³/mol. The maximum atomic E-state index is 6.86. The molecule has 0 aliphatic heterocycles. The molecule has 0 spiro atoms. The summed E-state index contributed by atoms with van der Waals surface area (Å²) in [6.07, 6.45) is 8.42. The highest BCUT2D eigenvalue weighted by Crippen LogP contribution is 1.98. The van der Waals surface area contributed by atoms with Crippen LogP contribution in [0.3, 0.4) is 0 Å². The van der Waals surface area contributed by atoms with Crippen LogP contribution in [0.4, 0.5) is 0 Å². The minimum absolute atomic E-state index is 0.130. The van der Waals surface area contributed by atoms with Gasteiger partial charge >= 0.3 is 0 Å². The van der Waals surface area contributed by atoms with Gasteiger partial charge in [-0.25, -0.2) is 4.99 Å². The summed E-state index contributed by atoms with van der Waals surface area (Å²) in [5.74, 6) is -0.130. The van der Waals surface area contributed by atoms with Crippen molar-refractivity contribution in [2.75, 3.05) is 0 Å². The van der Waals surface area contributed by atoms with Crippen molar-refractivity contribution in [2.45, 2.75) is 6.42 Å². The van der Waals surface area contributed by atoms with Crippen molar-refractivity contribution in [1.82, 2.24) is 0 Å². The summed E-state index contributed by atoms with van der Waals surface area (Å²) in [5.41, 5.74) is 5.90. The summed E-state index contributed by atoms with van der Waals surface area (Å²) in [5, 5.41) is 6.86. The fourth-order valence-corrected chi connectivity index (χ4v) is 0.740. The van der Waals surface area contributed by atoms with Crippen molar-refractivity contribution in [3.05, 3.63) is 24.3 Å². The van der Waals surface area contributed by atoms with E-state index in [4.69, 9.17) is 11.1 Å². The zero-order valence-corrected chi connectivity index (χ0v) is 5.54. The lowest BCUT2D eigenvalue weighted by Gasteiger charge is -1.98. The molecule has 0 unspecified atom stereocenters. The molecule has 10 heavy (non-hydrogen) atoms. The third kappa shape index (κ3) is 1.85. The van der Waals surface area contributed by atoms with E-state index < -0.39 is 0 Å². The smallest absolute Gasteiger partial charge is 0.212 e. The predicted octanol–water partition coefficient (Wildman–Crippen LogP) is 0.837. The van der Waals surface area contributed by atoms with Gasteiger partial charge in [0, 0.05) is 12.1 Å². The van der Waals surface area contributed by atoms with Crippen LogP contribution < -0.4 is 5.73 Å². The highest BCUT2D eigenvalue weighted by molar-refractivity contribution is 6.03. The number of hydrogen-bond acceptors (Lipinski definition) is 1. The minimum Gasteiger partial charge on any atom is -0.368 e. The molecular formula is C7H9N3. The van der Waals surface area contributed by atoms with Crippen LogP contribution in [0.1, 0.15) is 6.42 Å². The first kappa shape index (κ1) is 6.74. The topological polar surface area (TPSA) is 62.2 Å². The van der Waals surface area contributed by atoms with Gasteiger partial charge < -0.3 is 5.73 Å². The van der Waals surface area contributed by atoms with Crippen LogP contribution in [-0.2, 0) is 0 Å². The highest BCUT2D eigenvalue weighted by Gasteiger charge is 1.94. The monoisotopic (exact) mass is 135 g/mol. The number of rotatable bonds is 0.